The van der Waals surface area contributed by atoms with E-state index in [1.54, 1.807) is 6.20 Å². The maximum atomic E-state index is 12.3. The number of piperidine rings is 1. The Morgan fingerprint density at radius 1 is 1.56 bits per heavy atom. The summed E-state index contributed by atoms with van der Waals surface area (Å²) in [6.45, 7) is 6.65. The molecule has 98 valence electrons. The van der Waals surface area contributed by atoms with Gasteiger partial charge < -0.3 is 10.2 Å². The number of hydrogen-bond donors (Lipinski definition) is 1. The summed E-state index contributed by atoms with van der Waals surface area (Å²) in [4.78, 5) is 18.4. The van der Waals surface area contributed by atoms with Crippen LogP contribution in [0.2, 0.25) is 0 Å². The number of aryl methyl sites for hydroxylation is 1. The monoisotopic (exact) mass is 247 g/mol. The molecule has 18 heavy (non-hydrogen) atoms. The first-order chi connectivity index (χ1) is 8.70. The predicted octanol–water partition coefficient (Wildman–Crippen LogP) is 1.60. The Morgan fingerprint density at radius 2 is 2.39 bits per heavy atom. The van der Waals surface area contributed by atoms with Crippen LogP contribution in [0.3, 0.4) is 0 Å². The molecule has 1 aromatic rings. The molecule has 0 bridgehead atoms. The van der Waals surface area contributed by atoms with Gasteiger partial charge in [0.25, 0.3) is 5.91 Å². The molecule has 1 fully saturated rings. The predicted molar refractivity (Wildman–Crippen MR) is 71.6 cm³/mol. The molecule has 4 nitrogen and oxygen atoms in total. The van der Waals surface area contributed by atoms with E-state index in [0.717, 1.165) is 38.2 Å². The van der Waals surface area contributed by atoms with Gasteiger partial charge in [0.1, 0.15) is 0 Å². The van der Waals surface area contributed by atoms with E-state index < -0.39 is 0 Å². The van der Waals surface area contributed by atoms with E-state index in [1.165, 1.54) is 0 Å². The molecule has 2 heterocycles. The molecule has 0 radical (unpaired) electrons. The molecule has 1 aliphatic rings. The van der Waals surface area contributed by atoms with E-state index in [1.807, 2.05) is 24.0 Å². The number of rotatable bonds is 3. The first kappa shape index (κ1) is 13.0. The molecule has 1 atom stereocenters. The number of nitrogens with zero attached hydrogens (tertiary/aromatic N) is 2. The van der Waals surface area contributed by atoms with E-state index in [4.69, 9.17) is 0 Å². The molecule has 0 aliphatic carbocycles. The molecule has 1 aliphatic heterocycles. The molecule has 1 aromatic heterocycles. The van der Waals surface area contributed by atoms with E-state index in [0.29, 0.717) is 11.6 Å². The normalized spacial score (nSPS) is 19.9. The fourth-order valence-corrected chi connectivity index (χ4v) is 2.39. The van der Waals surface area contributed by atoms with Crippen molar-refractivity contribution in [3.63, 3.8) is 0 Å². The van der Waals surface area contributed by atoms with E-state index in [-0.39, 0.29) is 5.91 Å². The lowest BCUT2D eigenvalue weighted by molar-refractivity contribution is 0.0695. The summed E-state index contributed by atoms with van der Waals surface area (Å²) in [6, 6.07) is 4.19. The SMILES string of the molecule is CCNC1CCCN(C(=O)c2ccc(C)nc2)C1. The highest BCUT2D eigenvalue weighted by Gasteiger charge is 2.23. The van der Waals surface area contributed by atoms with Crippen molar-refractivity contribution in [1.29, 1.82) is 0 Å². The molecule has 1 saturated heterocycles. The van der Waals surface area contributed by atoms with Gasteiger partial charge in [-0.15, -0.1) is 0 Å². The summed E-state index contributed by atoms with van der Waals surface area (Å²) in [5.74, 6) is 0.102. The van der Waals surface area contributed by atoms with Crippen LogP contribution < -0.4 is 5.32 Å². The molecule has 0 spiro atoms. The number of aromatic nitrogens is 1. The average molecular weight is 247 g/mol. The van der Waals surface area contributed by atoms with E-state index in [9.17, 15) is 4.79 Å². The highest BCUT2D eigenvalue weighted by molar-refractivity contribution is 5.94. The zero-order valence-corrected chi connectivity index (χ0v) is 11.1. The van der Waals surface area contributed by atoms with Gasteiger partial charge in [-0.1, -0.05) is 6.92 Å². The maximum absolute atomic E-state index is 12.3. The first-order valence-corrected chi connectivity index (χ1v) is 6.66. The Labute approximate surface area is 108 Å². The Hall–Kier alpha value is -1.42. The summed E-state index contributed by atoms with van der Waals surface area (Å²) in [7, 11) is 0. The van der Waals surface area contributed by atoms with Crippen LogP contribution in [0.25, 0.3) is 0 Å². The topological polar surface area (TPSA) is 45.2 Å². The second-order valence-electron chi connectivity index (χ2n) is 4.84. The Morgan fingerprint density at radius 3 is 3.06 bits per heavy atom. The highest BCUT2D eigenvalue weighted by Crippen LogP contribution is 2.13. The van der Waals surface area contributed by atoms with Crippen LogP contribution in [0.15, 0.2) is 18.3 Å². The lowest BCUT2D eigenvalue weighted by atomic mass is 10.0. The lowest BCUT2D eigenvalue weighted by Gasteiger charge is -2.33. The standard InChI is InChI=1S/C14H21N3O/c1-3-15-13-5-4-8-17(10-13)14(18)12-7-6-11(2)16-9-12/h6-7,9,13,15H,3-5,8,10H2,1-2H3. The van der Waals surface area contributed by atoms with Crippen LogP contribution in [0.1, 0.15) is 35.8 Å². The molecule has 2 rings (SSSR count). The molecular weight excluding hydrogens is 226 g/mol. The summed E-state index contributed by atoms with van der Waals surface area (Å²) in [5.41, 5.74) is 1.63. The van der Waals surface area contributed by atoms with Crippen LogP contribution in [0.5, 0.6) is 0 Å². The third-order valence-corrected chi connectivity index (χ3v) is 3.36. The van der Waals surface area contributed by atoms with Gasteiger partial charge in [-0.2, -0.15) is 0 Å². The first-order valence-electron chi connectivity index (χ1n) is 6.66. The number of pyridine rings is 1. The average Bonchev–Trinajstić information content (AvgIpc) is 2.39. The summed E-state index contributed by atoms with van der Waals surface area (Å²) in [5, 5.41) is 3.42. The van der Waals surface area contributed by atoms with Crippen LogP contribution >= 0.6 is 0 Å². The van der Waals surface area contributed by atoms with Crippen molar-refractivity contribution < 1.29 is 4.79 Å². The number of amides is 1. The van der Waals surface area contributed by atoms with Crippen molar-refractivity contribution >= 4 is 5.91 Å². The molecule has 4 heteroatoms. The van der Waals surface area contributed by atoms with Crippen molar-refractivity contribution in [1.82, 2.24) is 15.2 Å². The highest BCUT2D eigenvalue weighted by atomic mass is 16.2. The van der Waals surface area contributed by atoms with Gasteiger partial charge >= 0.3 is 0 Å². The smallest absolute Gasteiger partial charge is 0.255 e. The largest absolute Gasteiger partial charge is 0.337 e. The third-order valence-electron chi connectivity index (χ3n) is 3.36. The Bertz CT molecular complexity index is 400. The molecule has 0 saturated carbocycles. The zero-order valence-electron chi connectivity index (χ0n) is 11.1. The number of likely N-dealkylation sites (N-methyl/N-ethyl adjacent to an activating group) is 1. The van der Waals surface area contributed by atoms with Gasteiger partial charge in [0.05, 0.1) is 5.56 Å². The molecule has 1 N–H and O–H groups in total. The fourth-order valence-electron chi connectivity index (χ4n) is 2.39. The maximum Gasteiger partial charge on any atom is 0.255 e. The van der Waals surface area contributed by atoms with E-state index in [2.05, 4.69) is 17.2 Å². The number of likely N-dealkylation sites (tertiary alicyclic amines) is 1. The summed E-state index contributed by atoms with van der Waals surface area (Å²) >= 11 is 0. The van der Waals surface area contributed by atoms with Crippen LogP contribution in [-0.2, 0) is 0 Å². The number of nitrogens with one attached hydrogen (secondary N) is 1. The molecule has 1 amide bonds. The van der Waals surface area contributed by atoms with Crippen LogP contribution in [-0.4, -0.2) is 41.5 Å². The van der Waals surface area contributed by atoms with Crippen LogP contribution in [0.4, 0.5) is 0 Å². The van der Waals surface area contributed by atoms with Gasteiger partial charge in [0, 0.05) is 31.0 Å². The fraction of sp³-hybridized carbons (Fsp3) is 0.571. The minimum Gasteiger partial charge on any atom is -0.337 e. The molecule has 0 aromatic carbocycles. The molecular formula is C14H21N3O. The quantitative estimate of drug-likeness (QED) is 0.882. The minimum absolute atomic E-state index is 0.102. The van der Waals surface area contributed by atoms with E-state index >= 15 is 0 Å². The van der Waals surface area contributed by atoms with Crippen molar-refractivity contribution in [2.75, 3.05) is 19.6 Å². The van der Waals surface area contributed by atoms with Crippen molar-refractivity contribution in [3.05, 3.63) is 29.6 Å². The third kappa shape index (κ3) is 3.07. The molecule has 1 unspecified atom stereocenters. The second-order valence-corrected chi connectivity index (χ2v) is 4.84. The van der Waals surface area contributed by atoms with Gasteiger partial charge in [-0.25, -0.2) is 0 Å². The Balaban J connectivity index is 2.02. The summed E-state index contributed by atoms with van der Waals surface area (Å²) in [6.07, 6.45) is 3.90. The second kappa shape index (κ2) is 5.96. The zero-order chi connectivity index (χ0) is 13.0. The summed E-state index contributed by atoms with van der Waals surface area (Å²) < 4.78 is 0. The minimum atomic E-state index is 0.102. The van der Waals surface area contributed by atoms with Crippen LogP contribution in [0, 0.1) is 6.92 Å². The number of hydrogen-bond acceptors (Lipinski definition) is 3. The van der Waals surface area contributed by atoms with Gasteiger partial charge in [-0.3, -0.25) is 9.78 Å². The lowest BCUT2D eigenvalue weighted by Crippen LogP contribution is -2.47. The number of carbonyl (C=O) groups is 1. The number of carbonyl (C=O) groups excluding carboxylic acids is 1. The Kier molecular flexibility index (Phi) is 4.31. The van der Waals surface area contributed by atoms with Crippen molar-refractivity contribution in [3.8, 4) is 0 Å². The van der Waals surface area contributed by atoms with Crippen molar-refractivity contribution in [2.45, 2.75) is 32.7 Å². The van der Waals surface area contributed by atoms with Gasteiger partial charge in [0.2, 0.25) is 0 Å². The van der Waals surface area contributed by atoms with Gasteiger partial charge in [0.15, 0.2) is 0 Å². The van der Waals surface area contributed by atoms with Crippen molar-refractivity contribution in [2.24, 2.45) is 0 Å². The van der Waals surface area contributed by atoms with Gasteiger partial charge in [-0.05, 0) is 38.4 Å².